The maximum atomic E-state index is 13.2. The average molecular weight is 343 g/mol. The summed E-state index contributed by atoms with van der Waals surface area (Å²) in [5.74, 6) is -0.157. The second-order valence-corrected chi connectivity index (χ2v) is 7.82. The van der Waals surface area contributed by atoms with Crippen LogP contribution in [0.3, 0.4) is 0 Å². The number of carbonyl (C=O) groups is 2. The van der Waals surface area contributed by atoms with Gasteiger partial charge in [-0.25, -0.2) is 0 Å². The molecule has 5 nitrogen and oxygen atoms in total. The minimum Gasteiger partial charge on any atom is -0.322 e. The van der Waals surface area contributed by atoms with Gasteiger partial charge in [-0.1, -0.05) is 37.8 Å². The number of amides is 2. The van der Waals surface area contributed by atoms with Gasteiger partial charge in [-0.2, -0.15) is 0 Å². The molecule has 1 aromatic carbocycles. The lowest BCUT2D eigenvalue weighted by atomic mass is 9.96. The Bertz CT molecular complexity index is 648. The fourth-order valence-corrected chi connectivity index (χ4v) is 4.01. The Morgan fingerprint density at radius 2 is 1.84 bits per heavy atom. The topological polar surface area (TPSA) is 52.7 Å². The zero-order chi connectivity index (χ0) is 18.0. The second kappa shape index (κ2) is 7.16. The fourth-order valence-electron chi connectivity index (χ4n) is 4.01. The largest absolute Gasteiger partial charge is 0.322 e. The number of benzene rings is 1. The van der Waals surface area contributed by atoms with Crippen molar-refractivity contribution in [3.8, 4) is 0 Å². The highest BCUT2D eigenvalue weighted by atomic mass is 16.2. The highest BCUT2D eigenvalue weighted by molar-refractivity contribution is 6.14. The SMILES string of the molecule is CN(CC(=O)N1c2ccccc2NC(=O)C1(C)C)C1CCCCCC1. The third-order valence-corrected chi connectivity index (χ3v) is 5.59. The summed E-state index contributed by atoms with van der Waals surface area (Å²) >= 11 is 0. The van der Waals surface area contributed by atoms with Gasteiger partial charge in [0.25, 0.3) is 0 Å². The molecule has 1 N–H and O–H groups in total. The molecule has 1 aliphatic carbocycles. The van der Waals surface area contributed by atoms with Crippen LogP contribution in [0.2, 0.25) is 0 Å². The van der Waals surface area contributed by atoms with E-state index in [1.807, 2.05) is 45.2 Å². The minimum atomic E-state index is -0.893. The summed E-state index contributed by atoms with van der Waals surface area (Å²) in [7, 11) is 2.04. The summed E-state index contributed by atoms with van der Waals surface area (Å²) in [6.07, 6.45) is 7.39. The molecule has 0 aromatic heterocycles. The molecule has 1 aromatic rings. The highest BCUT2D eigenvalue weighted by Gasteiger charge is 2.43. The van der Waals surface area contributed by atoms with Crippen LogP contribution in [0, 0.1) is 0 Å². The predicted molar refractivity (Wildman–Crippen MR) is 101 cm³/mol. The number of carbonyl (C=O) groups excluding carboxylic acids is 2. The molecule has 25 heavy (non-hydrogen) atoms. The van der Waals surface area contributed by atoms with E-state index in [0.29, 0.717) is 18.3 Å². The van der Waals surface area contributed by atoms with Gasteiger partial charge in [0.05, 0.1) is 17.9 Å². The van der Waals surface area contributed by atoms with Crippen LogP contribution >= 0.6 is 0 Å². The van der Waals surface area contributed by atoms with Crippen LogP contribution in [-0.2, 0) is 9.59 Å². The van der Waals surface area contributed by atoms with Crippen molar-refractivity contribution in [2.45, 2.75) is 64.0 Å². The number of rotatable bonds is 3. The highest BCUT2D eigenvalue weighted by Crippen LogP contribution is 2.36. The summed E-state index contributed by atoms with van der Waals surface area (Å²) in [6.45, 7) is 3.96. The third-order valence-electron chi connectivity index (χ3n) is 5.59. The first-order valence-corrected chi connectivity index (χ1v) is 9.35. The molecule has 2 amide bonds. The quantitative estimate of drug-likeness (QED) is 0.856. The molecule has 1 saturated carbocycles. The van der Waals surface area contributed by atoms with Gasteiger partial charge in [-0.3, -0.25) is 19.4 Å². The Balaban J connectivity index is 1.81. The molecular weight excluding hydrogens is 314 g/mol. The number of nitrogens with zero attached hydrogens (tertiary/aromatic N) is 2. The number of fused-ring (bicyclic) bond motifs is 1. The molecule has 0 atom stereocenters. The molecular formula is C20H29N3O2. The lowest BCUT2D eigenvalue weighted by Crippen LogP contribution is -2.60. The van der Waals surface area contributed by atoms with Crippen molar-refractivity contribution >= 4 is 23.2 Å². The van der Waals surface area contributed by atoms with Crippen molar-refractivity contribution in [3.05, 3.63) is 24.3 Å². The predicted octanol–water partition coefficient (Wildman–Crippen LogP) is 3.40. The monoisotopic (exact) mass is 343 g/mol. The van der Waals surface area contributed by atoms with E-state index >= 15 is 0 Å². The van der Waals surface area contributed by atoms with E-state index in [9.17, 15) is 9.59 Å². The van der Waals surface area contributed by atoms with Crippen molar-refractivity contribution in [3.63, 3.8) is 0 Å². The van der Waals surface area contributed by atoms with Gasteiger partial charge >= 0.3 is 0 Å². The molecule has 136 valence electrons. The summed E-state index contributed by atoms with van der Waals surface area (Å²) in [4.78, 5) is 29.5. The van der Waals surface area contributed by atoms with Crippen molar-refractivity contribution < 1.29 is 9.59 Å². The standard InChI is InChI=1S/C20H29N3O2/c1-20(2)19(25)21-16-12-8-9-13-17(16)23(20)18(24)14-22(3)15-10-6-4-5-7-11-15/h8-9,12-13,15H,4-7,10-11,14H2,1-3H3,(H,21,25). The first kappa shape index (κ1) is 17.9. The molecule has 3 rings (SSSR count). The van der Waals surface area contributed by atoms with Crippen LogP contribution in [0.5, 0.6) is 0 Å². The first-order valence-electron chi connectivity index (χ1n) is 9.35. The van der Waals surface area contributed by atoms with E-state index in [-0.39, 0.29) is 11.8 Å². The van der Waals surface area contributed by atoms with Crippen molar-refractivity contribution in [1.82, 2.24) is 4.90 Å². The summed E-state index contributed by atoms with van der Waals surface area (Å²) in [6, 6.07) is 7.99. The molecule has 2 aliphatic rings. The van der Waals surface area contributed by atoms with Gasteiger partial charge in [0.15, 0.2) is 0 Å². The Kier molecular flexibility index (Phi) is 5.13. The normalized spacial score (nSPS) is 20.8. The van der Waals surface area contributed by atoms with E-state index in [1.54, 1.807) is 4.90 Å². The van der Waals surface area contributed by atoms with E-state index in [0.717, 1.165) is 18.5 Å². The summed E-state index contributed by atoms with van der Waals surface area (Å²) in [5, 5.41) is 2.91. The van der Waals surface area contributed by atoms with E-state index in [1.165, 1.54) is 25.7 Å². The van der Waals surface area contributed by atoms with Gasteiger partial charge in [-0.15, -0.1) is 0 Å². The Hall–Kier alpha value is -1.88. The lowest BCUT2D eigenvalue weighted by molar-refractivity contribution is -0.127. The van der Waals surface area contributed by atoms with Crippen LogP contribution in [0.15, 0.2) is 24.3 Å². The Morgan fingerprint density at radius 3 is 2.52 bits per heavy atom. The zero-order valence-electron chi connectivity index (χ0n) is 15.5. The summed E-state index contributed by atoms with van der Waals surface area (Å²) in [5.41, 5.74) is 0.596. The zero-order valence-corrected chi connectivity index (χ0v) is 15.5. The molecule has 1 heterocycles. The molecule has 0 saturated heterocycles. The Morgan fingerprint density at radius 1 is 1.20 bits per heavy atom. The summed E-state index contributed by atoms with van der Waals surface area (Å²) < 4.78 is 0. The molecule has 0 bridgehead atoms. The minimum absolute atomic E-state index is 0.0148. The maximum Gasteiger partial charge on any atom is 0.250 e. The van der Waals surface area contributed by atoms with E-state index < -0.39 is 5.54 Å². The first-order chi connectivity index (χ1) is 11.9. The van der Waals surface area contributed by atoms with Crippen molar-refractivity contribution in [1.29, 1.82) is 0 Å². The Labute approximate surface area is 150 Å². The second-order valence-electron chi connectivity index (χ2n) is 7.82. The average Bonchev–Trinajstić information content (AvgIpc) is 2.85. The van der Waals surface area contributed by atoms with Gasteiger partial charge in [-0.05, 0) is 45.9 Å². The molecule has 1 fully saturated rings. The van der Waals surface area contributed by atoms with Crippen LogP contribution in [0.4, 0.5) is 11.4 Å². The number of anilines is 2. The van der Waals surface area contributed by atoms with Crippen LogP contribution < -0.4 is 10.2 Å². The smallest absolute Gasteiger partial charge is 0.250 e. The van der Waals surface area contributed by atoms with Gasteiger partial charge in [0, 0.05) is 6.04 Å². The molecule has 0 radical (unpaired) electrons. The number of hydrogen-bond acceptors (Lipinski definition) is 3. The number of likely N-dealkylation sites (N-methyl/N-ethyl adjacent to an activating group) is 1. The number of nitrogens with one attached hydrogen (secondary N) is 1. The third kappa shape index (κ3) is 3.56. The molecule has 0 unspecified atom stereocenters. The van der Waals surface area contributed by atoms with Crippen LogP contribution in [0.1, 0.15) is 52.4 Å². The van der Waals surface area contributed by atoms with Crippen molar-refractivity contribution in [2.75, 3.05) is 23.8 Å². The molecule has 0 spiro atoms. The maximum absolute atomic E-state index is 13.2. The van der Waals surface area contributed by atoms with Crippen LogP contribution in [0.25, 0.3) is 0 Å². The number of hydrogen-bond donors (Lipinski definition) is 1. The van der Waals surface area contributed by atoms with Crippen molar-refractivity contribution in [2.24, 2.45) is 0 Å². The van der Waals surface area contributed by atoms with E-state index in [2.05, 4.69) is 10.2 Å². The lowest BCUT2D eigenvalue weighted by Gasteiger charge is -2.43. The van der Waals surface area contributed by atoms with Crippen LogP contribution in [-0.4, -0.2) is 41.9 Å². The molecule has 1 aliphatic heterocycles. The fraction of sp³-hybridized carbons (Fsp3) is 0.600. The molecule has 5 heteroatoms. The van der Waals surface area contributed by atoms with Gasteiger partial charge in [0.1, 0.15) is 5.54 Å². The van der Waals surface area contributed by atoms with E-state index in [4.69, 9.17) is 0 Å². The number of para-hydroxylation sites is 2. The van der Waals surface area contributed by atoms with Gasteiger partial charge in [0.2, 0.25) is 11.8 Å². The van der Waals surface area contributed by atoms with Gasteiger partial charge < -0.3 is 5.32 Å².